The maximum atomic E-state index is 13.0. The molecule has 0 aliphatic carbocycles. The molecular formula is C24H16Cl3N3O3. The molecule has 0 spiro atoms. The number of carbonyl (C=O) groups is 3. The summed E-state index contributed by atoms with van der Waals surface area (Å²) in [5.74, 6) is -1.58. The molecule has 3 aromatic rings. The molecule has 3 aromatic carbocycles. The van der Waals surface area contributed by atoms with Crippen LogP contribution in [-0.2, 0) is 9.59 Å². The van der Waals surface area contributed by atoms with Gasteiger partial charge in [-0.2, -0.15) is 0 Å². The van der Waals surface area contributed by atoms with E-state index in [1.54, 1.807) is 43.4 Å². The molecular weight excluding hydrogens is 485 g/mol. The van der Waals surface area contributed by atoms with Gasteiger partial charge < -0.3 is 10.2 Å². The third kappa shape index (κ3) is 4.33. The molecule has 6 nitrogen and oxygen atoms in total. The third-order valence-corrected chi connectivity index (χ3v) is 6.21. The number of para-hydroxylation sites is 1. The van der Waals surface area contributed by atoms with Gasteiger partial charge in [-0.05, 0) is 48.5 Å². The quantitative estimate of drug-likeness (QED) is 0.456. The minimum atomic E-state index is -0.718. The molecule has 1 aliphatic rings. The Labute approximate surface area is 205 Å². The normalized spacial score (nSPS) is 13.5. The molecule has 0 bridgehead atoms. The van der Waals surface area contributed by atoms with Crippen LogP contribution in [0, 0.1) is 0 Å². The summed E-state index contributed by atoms with van der Waals surface area (Å²) in [6.45, 7) is 0. The van der Waals surface area contributed by atoms with Crippen molar-refractivity contribution in [2.75, 3.05) is 22.2 Å². The summed E-state index contributed by atoms with van der Waals surface area (Å²) in [6, 6.07) is 20.3. The molecule has 0 radical (unpaired) electrons. The second kappa shape index (κ2) is 9.27. The Hall–Kier alpha value is -3.32. The number of benzene rings is 3. The molecule has 0 saturated carbocycles. The number of amides is 3. The van der Waals surface area contributed by atoms with Gasteiger partial charge in [0.1, 0.15) is 10.7 Å². The van der Waals surface area contributed by atoms with Crippen molar-refractivity contribution in [1.29, 1.82) is 0 Å². The molecule has 1 heterocycles. The molecule has 1 N–H and O–H groups in total. The summed E-state index contributed by atoms with van der Waals surface area (Å²) in [5, 5.41) is 2.86. The molecule has 0 unspecified atom stereocenters. The molecule has 0 saturated heterocycles. The number of imide groups is 1. The average molecular weight is 501 g/mol. The largest absolute Gasteiger partial charge is 0.350 e. The predicted molar refractivity (Wildman–Crippen MR) is 131 cm³/mol. The maximum Gasteiger partial charge on any atom is 0.283 e. The van der Waals surface area contributed by atoms with E-state index < -0.39 is 11.8 Å². The van der Waals surface area contributed by atoms with Crippen LogP contribution in [0.2, 0.25) is 10.0 Å². The topological polar surface area (TPSA) is 69.7 Å². The van der Waals surface area contributed by atoms with Crippen LogP contribution in [0.5, 0.6) is 0 Å². The van der Waals surface area contributed by atoms with Crippen molar-refractivity contribution in [2.24, 2.45) is 0 Å². The second-order valence-corrected chi connectivity index (χ2v) is 8.27. The Morgan fingerprint density at radius 3 is 2.18 bits per heavy atom. The van der Waals surface area contributed by atoms with Crippen LogP contribution in [0.25, 0.3) is 0 Å². The minimum absolute atomic E-state index is 0.0667. The molecule has 3 amide bonds. The highest BCUT2D eigenvalue weighted by molar-refractivity contribution is 6.54. The Balaban J connectivity index is 1.53. The van der Waals surface area contributed by atoms with Gasteiger partial charge in [0.05, 0.1) is 15.7 Å². The SMILES string of the molecule is CN(C(=O)c1ccc(NC2=C(Cl)C(=O)N(c3cccc(Cl)c3Cl)C2=O)cc1)c1ccccc1. The lowest BCUT2D eigenvalue weighted by atomic mass is 10.1. The van der Waals surface area contributed by atoms with Gasteiger partial charge in [0.15, 0.2) is 0 Å². The van der Waals surface area contributed by atoms with Crippen LogP contribution >= 0.6 is 34.8 Å². The Kier molecular flexibility index (Phi) is 6.42. The number of nitrogens with one attached hydrogen (secondary N) is 1. The van der Waals surface area contributed by atoms with Crippen LogP contribution in [0.15, 0.2) is 83.5 Å². The van der Waals surface area contributed by atoms with Crippen LogP contribution in [-0.4, -0.2) is 24.8 Å². The molecule has 0 atom stereocenters. The van der Waals surface area contributed by atoms with E-state index in [2.05, 4.69) is 5.32 Å². The summed E-state index contributed by atoms with van der Waals surface area (Å²) in [7, 11) is 1.69. The highest BCUT2D eigenvalue weighted by Gasteiger charge is 2.40. The Morgan fingerprint density at radius 1 is 0.848 bits per heavy atom. The van der Waals surface area contributed by atoms with Gasteiger partial charge in [-0.1, -0.05) is 59.1 Å². The first-order valence-corrected chi connectivity index (χ1v) is 10.9. The second-order valence-electron chi connectivity index (χ2n) is 7.11. The van der Waals surface area contributed by atoms with E-state index in [-0.39, 0.29) is 32.4 Å². The Morgan fingerprint density at radius 2 is 1.52 bits per heavy atom. The maximum absolute atomic E-state index is 13.0. The zero-order valence-corrected chi connectivity index (χ0v) is 19.4. The predicted octanol–water partition coefficient (Wildman–Crippen LogP) is 5.71. The van der Waals surface area contributed by atoms with Crippen molar-refractivity contribution in [3.05, 3.63) is 99.1 Å². The van der Waals surface area contributed by atoms with E-state index in [0.29, 0.717) is 11.3 Å². The van der Waals surface area contributed by atoms with E-state index in [9.17, 15) is 14.4 Å². The van der Waals surface area contributed by atoms with Gasteiger partial charge in [0.2, 0.25) is 0 Å². The summed E-state index contributed by atoms with van der Waals surface area (Å²) in [6.07, 6.45) is 0. The third-order valence-electron chi connectivity index (χ3n) is 5.05. The first-order chi connectivity index (χ1) is 15.8. The summed E-state index contributed by atoms with van der Waals surface area (Å²) >= 11 is 18.4. The van der Waals surface area contributed by atoms with Gasteiger partial charge in [0, 0.05) is 24.0 Å². The fraction of sp³-hybridized carbons (Fsp3) is 0.0417. The van der Waals surface area contributed by atoms with Gasteiger partial charge in [-0.25, -0.2) is 4.90 Å². The van der Waals surface area contributed by atoms with Crippen molar-refractivity contribution < 1.29 is 14.4 Å². The molecule has 0 aromatic heterocycles. The zero-order chi connectivity index (χ0) is 23.7. The van der Waals surface area contributed by atoms with Crippen molar-refractivity contribution in [2.45, 2.75) is 0 Å². The fourth-order valence-corrected chi connectivity index (χ4v) is 3.89. The highest BCUT2D eigenvalue weighted by atomic mass is 35.5. The first kappa shape index (κ1) is 22.9. The van der Waals surface area contributed by atoms with E-state index >= 15 is 0 Å². The van der Waals surface area contributed by atoms with Crippen LogP contribution in [0.4, 0.5) is 17.1 Å². The number of carbonyl (C=O) groups excluding carboxylic acids is 3. The average Bonchev–Trinajstić information content (AvgIpc) is 3.04. The summed E-state index contributed by atoms with van der Waals surface area (Å²) in [5.41, 5.74) is 1.73. The number of nitrogens with zero attached hydrogens (tertiary/aromatic N) is 2. The number of hydrogen-bond donors (Lipinski definition) is 1. The fourth-order valence-electron chi connectivity index (χ4n) is 3.30. The van der Waals surface area contributed by atoms with Crippen molar-refractivity contribution in [1.82, 2.24) is 0 Å². The molecule has 0 fully saturated rings. The summed E-state index contributed by atoms with van der Waals surface area (Å²) in [4.78, 5) is 40.8. The molecule has 4 rings (SSSR count). The lowest BCUT2D eigenvalue weighted by Crippen LogP contribution is -2.32. The van der Waals surface area contributed by atoms with E-state index in [1.807, 2.05) is 30.3 Å². The van der Waals surface area contributed by atoms with Crippen molar-refractivity contribution in [3.63, 3.8) is 0 Å². The lowest BCUT2D eigenvalue weighted by molar-refractivity contribution is -0.120. The van der Waals surface area contributed by atoms with Crippen molar-refractivity contribution in [3.8, 4) is 0 Å². The number of hydrogen-bond acceptors (Lipinski definition) is 4. The summed E-state index contributed by atoms with van der Waals surface area (Å²) < 4.78 is 0. The van der Waals surface area contributed by atoms with Gasteiger partial charge in [0.25, 0.3) is 17.7 Å². The van der Waals surface area contributed by atoms with Gasteiger partial charge >= 0.3 is 0 Å². The van der Waals surface area contributed by atoms with E-state index in [4.69, 9.17) is 34.8 Å². The van der Waals surface area contributed by atoms with Crippen LogP contribution in [0.1, 0.15) is 10.4 Å². The highest BCUT2D eigenvalue weighted by Crippen LogP contribution is 2.37. The minimum Gasteiger partial charge on any atom is -0.350 e. The van der Waals surface area contributed by atoms with E-state index in [1.165, 1.54) is 11.0 Å². The zero-order valence-electron chi connectivity index (χ0n) is 17.2. The first-order valence-electron chi connectivity index (χ1n) is 9.72. The standard InChI is InChI=1S/C24H16Cl3N3O3/c1-29(16-6-3-2-4-7-16)22(31)14-10-12-15(13-11-14)28-21-20(27)23(32)30(24(21)33)18-9-5-8-17(25)19(18)26/h2-13,28H,1H3. The number of anilines is 3. The molecule has 166 valence electrons. The Bertz CT molecular complexity index is 1290. The monoisotopic (exact) mass is 499 g/mol. The smallest absolute Gasteiger partial charge is 0.283 e. The lowest BCUT2D eigenvalue weighted by Gasteiger charge is -2.18. The molecule has 33 heavy (non-hydrogen) atoms. The number of halogens is 3. The van der Waals surface area contributed by atoms with Crippen LogP contribution in [0.3, 0.4) is 0 Å². The van der Waals surface area contributed by atoms with Gasteiger partial charge in [-0.3, -0.25) is 14.4 Å². The van der Waals surface area contributed by atoms with Crippen LogP contribution < -0.4 is 15.1 Å². The van der Waals surface area contributed by atoms with Gasteiger partial charge in [-0.15, -0.1) is 0 Å². The molecule has 1 aliphatic heterocycles. The van der Waals surface area contributed by atoms with Crippen molar-refractivity contribution >= 4 is 69.6 Å². The van der Waals surface area contributed by atoms with E-state index in [0.717, 1.165) is 10.6 Å². The number of rotatable bonds is 5. The molecule has 9 heteroatoms.